The molecule has 1 saturated heterocycles. The van der Waals surface area contributed by atoms with Crippen LogP contribution in [0.3, 0.4) is 0 Å². The Morgan fingerprint density at radius 2 is 1.97 bits per heavy atom. The Balaban J connectivity index is 0.00000164. The van der Waals surface area contributed by atoms with Gasteiger partial charge in [0.25, 0.3) is 11.8 Å². The van der Waals surface area contributed by atoms with Gasteiger partial charge in [0.2, 0.25) is 4.80 Å². The molecule has 10 nitrogen and oxygen atoms in total. The number of rotatable bonds is 5. The minimum atomic E-state index is -0.699. The zero-order chi connectivity index (χ0) is 27.2. The van der Waals surface area contributed by atoms with Crippen molar-refractivity contribution in [3.63, 3.8) is 0 Å². The molecule has 0 radical (unpaired) electrons. The maximum Gasteiger partial charge on any atom is 0.258 e. The fourth-order valence-electron chi connectivity index (χ4n) is 3.87. The van der Waals surface area contributed by atoms with Crippen molar-refractivity contribution < 1.29 is 18.9 Å². The van der Waals surface area contributed by atoms with Crippen molar-refractivity contribution in [2.24, 2.45) is 4.99 Å². The summed E-state index contributed by atoms with van der Waals surface area (Å²) in [6.07, 6.45) is 1.49. The molecule has 1 aliphatic heterocycles. The number of nitrogens with zero attached hydrogens (tertiary/aromatic N) is 7. The standard InChI is InChI=1S/C23H21ClFN7O3S.C2H6/c1-14-26-21(35-29-14)15-11-16(27-19(12-15)28-23-32(34)9-10-36-23)13-30-5-7-31(8-6-30)22(33)17-3-2-4-18(24)20(17)25;1-2/h2-4,9-12,34H,5-8,13H2,1H3;1-2H3/b28-23-;. The van der Waals surface area contributed by atoms with Crippen LogP contribution in [-0.4, -0.2) is 66.9 Å². The van der Waals surface area contributed by atoms with Crippen molar-refractivity contribution in [2.45, 2.75) is 27.3 Å². The summed E-state index contributed by atoms with van der Waals surface area (Å²) in [5.74, 6) is 0.152. The van der Waals surface area contributed by atoms with Gasteiger partial charge in [-0.25, -0.2) is 9.37 Å². The zero-order valence-corrected chi connectivity index (χ0v) is 22.7. The van der Waals surface area contributed by atoms with Crippen LogP contribution in [0.2, 0.25) is 5.02 Å². The largest absolute Gasteiger partial charge is 0.426 e. The van der Waals surface area contributed by atoms with E-state index >= 15 is 0 Å². The first-order valence-electron chi connectivity index (χ1n) is 12.0. The second-order valence-electron chi connectivity index (χ2n) is 8.16. The smallest absolute Gasteiger partial charge is 0.258 e. The molecule has 1 N–H and O–H groups in total. The van der Waals surface area contributed by atoms with E-state index in [0.29, 0.717) is 66.3 Å². The third-order valence-electron chi connectivity index (χ3n) is 5.65. The minimum Gasteiger partial charge on any atom is -0.426 e. The van der Waals surface area contributed by atoms with Crippen molar-refractivity contribution in [2.75, 3.05) is 26.2 Å². The van der Waals surface area contributed by atoms with E-state index in [2.05, 4.69) is 25.0 Å². The first kappa shape index (κ1) is 27.4. The highest BCUT2D eigenvalue weighted by Crippen LogP contribution is 2.24. The number of carbonyl (C=O) groups excluding carboxylic acids is 1. The second-order valence-corrected chi connectivity index (χ2v) is 9.44. The maximum atomic E-state index is 14.3. The van der Waals surface area contributed by atoms with Crippen LogP contribution in [0, 0.1) is 12.7 Å². The van der Waals surface area contributed by atoms with E-state index in [9.17, 15) is 14.4 Å². The summed E-state index contributed by atoms with van der Waals surface area (Å²) in [5.41, 5.74) is 1.34. The second kappa shape index (κ2) is 12.3. The van der Waals surface area contributed by atoms with E-state index in [1.807, 2.05) is 19.9 Å². The zero-order valence-electron chi connectivity index (χ0n) is 21.1. The topological polar surface area (TPSA) is 113 Å². The molecule has 0 atom stereocenters. The lowest BCUT2D eigenvalue weighted by atomic mass is 10.1. The van der Waals surface area contributed by atoms with Crippen LogP contribution in [0.5, 0.6) is 0 Å². The highest BCUT2D eigenvalue weighted by Gasteiger charge is 2.25. The summed E-state index contributed by atoms with van der Waals surface area (Å²) in [6.45, 7) is 8.24. The molecular weight excluding hydrogens is 533 g/mol. The fraction of sp³-hybridized carbons (Fsp3) is 0.320. The molecule has 4 aromatic rings. The first-order chi connectivity index (χ1) is 18.4. The number of benzene rings is 1. The summed E-state index contributed by atoms with van der Waals surface area (Å²) >= 11 is 7.10. The molecule has 5 rings (SSSR count). The van der Waals surface area contributed by atoms with Gasteiger partial charge in [0.1, 0.15) is 0 Å². The SMILES string of the molecule is CC.Cc1noc(-c2cc(CN3CCN(C(=O)c4cccc(Cl)c4F)CC3)nc(/N=c3\sccn3O)c2)n1. The first-order valence-corrected chi connectivity index (χ1v) is 13.3. The number of hydrogen-bond acceptors (Lipinski definition) is 9. The number of halogens is 2. The summed E-state index contributed by atoms with van der Waals surface area (Å²) in [4.78, 5) is 30.3. The van der Waals surface area contributed by atoms with Gasteiger partial charge in [-0.05, 0) is 31.2 Å². The van der Waals surface area contributed by atoms with E-state index < -0.39 is 5.82 Å². The van der Waals surface area contributed by atoms with Crippen molar-refractivity contribution in [3.05, 3.63) is 74.6 Å². The third-order valence-corrected chi connectivity index (χ3v) is 6.69. The predicted octanol–water partition coefficient (Wildman–Crippen LogP) is 4.55. The van der Waals surface area contributed by atoms with E-state index in [-0.39, 0.29) is 16.5 Å². The quantitative estimate of drug-likeness (QED) is 0.357. The van der Waals surface area contributed by atoms with Crippen LogP contribution in [0.4, 0.5) is 10.2 Å². The van der Waals surface area contributed by atoms with Crippen molar-refractivity contribution in [1.29, 1.82) is 0 Å². The molecule has 0 aliphatic carbocycles. The Labute approximate surface area is 227 Å². The van der Waals surface area contributed by atoms with Gasteiger partial charge in [-0.2, -0.15) is 14.7 Å². The van der Waals surface area contributed by atoms with E-state index in [1.165, 1.54) is 29.7 Å². The number of pyridine rings is 1. The van der Waals surface area contributed by atoms with E-state index in [4.69, 9.17) is 16.1 Å². The molecule has 1 fully saturated rings. The Kier molecular flexibility index (Phi) is 8.87. The lowest BCUT2D eigenvalue weighted by molar-refractivity contribution is 0.0622. The normalized spacial score (nSPS) is 14.3. The number of amides is 1. The Morgan fingerprint density at radius 1 is 1.21 bits per heavy atom. The highest BCUT2D eigenvalue weighted by atomic mass is 35.5. The average Bonchev–Trinajstić information content (AvgIpc) is 3.54. The van der Waals surface area contributed by atoms with Crippen molar-refractivity contribution in [1.82, 2.24) is 29.7 Å². The molecule has 3 aromatic heterocycles. The van der Waals surface area contributed by atoms with Gasteiger partial charge >= 0.3 is 0 Å². The summed E-state index contributed by atoms with van der Waals surface area (Å²) in [7, 11) is 0. The van der Waals surface area contributed by atoms with Crippen LogP contribution in [0.15, 0.2) is 51.4 Å². The Hall–Kier alpha value is -3.61. The van der Waals surface area contributed by atoms with Gasteiger partial charge < -0.3 is 14.6 Å². The lowest BCUT2D eigenvalue weighted by Gasteiger charge is -2.34. The minimum absolute atomic E-state index is 0.0267. The molecule has 0 saturated carbocycles. The van der Waals surface area contributed by atoms with Gasteiger partial charge in [0, 0.05) is 43.7 Å². The molecule has 4 heterocycles. The third kappa shape index (κ3) is 6.26. The Morgan fingerprint density at radius 3 is 2.63 bits per heavy atom. The molecule has 13 heteroatoms. The van der Waals surface area contributed by atoms with Crippen LogP contribution < -0.4 is 4.80 Å². The average molecular weight is 560 g/mol. The van der Waals surface area contributed by atoms with Gasteiger partial charge in [-0.3, -0.25) is 9.69 Å². The number of piperazine rings is 1. The van der Waals surface area contributed by atoms with Crippen molar-refractivity contribution >= 4 is 34.7 Å². The molecule has 1 aromatic carbocycles. The Bertz CT molecular complexity index is 1480. The van der Waals surface area contributed by atoms with E-state index in [0.717, 1.165) is 4.73 Å². The number of aryl methyl sites for hydroxylation is 1. The van der Waals surface area contributed by atoms with Gasteiger partial charge in [0.15, 0.2) is 17.5 Å². The molecule has 38 heavy (non-hydrogen) atoms. The fourth-order valence-corrected chi connectivity index (χ4v) is 4.66. The van der Waals surface area contributed by atoms with Crippen molar-refractivity contribution in [3.8, 4) is 11.5 Å². The van der Waals surface area contributed by atoms with Gasteiger partial charge in [0.05, 0.1) is 22.5 Å². The molecule has 200 valence electrons. The van der Waals surface area contributed by atoms with E-state index in [1.54, 1.807) is 29.3 Å². The molecule has 0 bridgehead atoms. The monoisotopic (exact) mass is 559 g/mol. The van der Waals surface area contributed by atoms with Gasteiger partial charge in [-0.1, -0.05) is 36.7 Å². The lowest BCUT2D eigenvalue weighted by Crippen LogP contribution is -2.48. The molecule has 1 aliphatic rings. The number of aromatic nitrogens is 4. The maximum absolute atomic E-state index is 14.3. The highest BCUT2D eigenvalue weighted by molar-refractivity contribution is 7.07. The van der Waals surface area contributed by atoms with Crippen LogP contribution >= 0.6 is 22.9 Å². The number of hydrogen-bond donors (Lipinski definition) is 1. The summed E-state index contributed by atoms with van der Waals surface area (Å²) < 4.78 is 20.6. The number of thiazole rings is 1. The predicted molar refractivity (Wildman–Crippen MR) is 141 cm³/mol. The van der Waals surface area contributed by atoms with Crippen LogP contribution in [-0.2, 0) is 6.54 Å². The number of carbonyl (C=O) groups is 1. The van der Waals surface area contributed by atoms with Crippen LogP contribution in [0.25, 0.3) is 11.5 Å². The van der Waals surface area contributed by atoms with Gasteiger partial charge in [-0.15, -0.1) is 11.3 Å². The molecule has 0 unspecified atom stereocenters. The summed E-state index contributed by atoms with van der Waals surface area (Å²) in [6, 6.07) is 7.99. The molecule has 0 spiro atoms. The van der Waals surface area contributed by atoms with Crippen LogP contribution in [0.1, 0.15) is 35.7 Å². The molecular formula is C25H27ClFN7O3S. The summed E-state index contributed by atoms with van der Waals surface area (Å²) in [5, 5.41) is 15.4. The molecule has 1 amide bonds.